The highest BCUT2D eigenvalue weighted by molar-refractivity contribution is 14.0. The zero-order valence-corrected chi connectivity index (χ0v) is 20.9. The molecule has 2 aromatic rings. The van der Waals surface area contributed by atoms with Crippen molar-refractivity contribution in [1.82, 2.24) is 10.6 Å². The average Bonchev–Trinajstić information content (AvgIpc) is 3.28. The molecule has 30 heavy (non-hydrogen) atoms. The number of guanidine groups is 1. The summed E-state index contributed by atoms with van der Waals surface area (Å²) >= 11 is 1.95. The van der Waals surface area contributed by atoms with E-state index in [-0.39, 0.29) is 24.0 Å². The summed E-state index contributed by atoms with van der Waals surface area (Å²) in [6, 6.07) is 15.1. The largest absolute Gasteiger partial charge is 0.381 e. The number of fused-ring (bicyclic) bond motifs is 1. The van der Waals surface area contributed by atoms with Gasteiger partial charge in [0.1, 0.15) is 0 Å². The smallest absolute Gasteiger partial charge is 0.191 e. The Morgan fingerprint density at radius 2 is 2.00 bits per heavy atom. The summed E-state index contributed by atoms with van der Waals surface area (Å²) in [6.45, 7) is 5.10. The van der Waals surface area contributed by atoms with Gasteiger partial charge in [0.2, 0.25) is 0 Å². The van der Waals surface area contributed by atoms with Gasteiger partial charge in [0.05, 0.1) is 13.2 Å². The van der Waals surface area contributed by atoms with E-state index < -0.39 is 0 Å². The van der Waals surface area contributed by atoms with Crippen molar-refractivity contribution in [3.63, 3.8) is 0 Å². The maximum absolute atomic E-state index is 5.74. The van der Waals surface area contributed by atoms with Gasteiger partial charge in [-0.05, 0) is 29.2 Å². The van der Waals surface area contributed by atoms with Crippen molar-refractivity contribution in [3.8, 4) is 0 Å². The van der Waals surface area contributed by atoms with Gasteiger partial charge in [-0.1, -0.05) is 42.5 Å². The zero-order chi connectivity index (χ0) is 20.2. The quantitative estimate of drug-likeness (QED) is 0.192. The van der Waals surface area contributed by atoms with Gasteiger partial charge in [-0.15, -0.1) is 24.0 Å². The number of halogens is 1. The third-order valence-electron chi connectivity index (χ3n) is 5.04. The number of nitrogens with zero attached hydrogens (tertiary/aromatic N) is 1. The molecule has 2 aromatic carbocycles. The predicted molar refractivity (Wildman–Crippen MR) is 139 cm³/mol. The molecule has 5 nitrogen and oxygen atoms in total. The molecule has 1 heterocycles. The first-order valence-corrected chi connectivity index (χ1v) is 11.7. The lowest BCUT2D eigenvalue weighted by Gasteiger charge is -2.13. The van der Waals surface area contributed by atoms with Crippen molar-refractivity contribution >= 4 is 52.5 Å². The molecule has 1 unspecified atom stereocenters. The van der Waals surface area contributed by atoms with Crippen LogP contribution in [0, 0.1) is 5.92 Å². The summed E-state index contributed by atoms with van der Waals surface area (Å²) in [5.41, 5.74) is 1.40. The Bertz CT molecular complexity index is 764. The van der Waals surface area contributed by atoms with Gasteiger partial charge < -0.3 is 20.1 Å². The lowest BCUT2D eigenvalue weighted by molar-refractivity contribution is 0.0888. The normalized spacial score (nSPS) is 16.4. The molecule has 0 spiro atoms. The minimum atomic E-state index is 0. The Balaban J connectivity index is 0.00000320. The van der Waals surface area contributed by atoms with Crippen molar-refractivity contribution < 1.29 is 9.47 Å². The second kappa shape index (κ2) is 14.9. The fourth-order valence-electron chi connectivity index (χ4n) is 3.41. The maximum Gasteiger partial charge on any atom is 0.191 e. The van der Waals surface area contributed by atoms with Crippen molar-refractivity contribution in [2.75, 3.05) is 52.3 Å². The van der Waals surface area contributed by atoms with Crippen LogP contribution in [0.5, 0.6) is 0 Å². The Kier molecular flexibility index (Phi) is 12.5. The van der Waals surface area contributed by atoms with Crippen LogP contribution in [0.25, 0.3) is 10.8 Å². The van der Waals surface area contributed by atoms with Crippen LogP contribution < -0.4 is 10.6 Å². The van der Waals surface area contributed by atoms with Gasteiger partial charge in [0.25, 0.3) is 0 Å². The van der Waals surface area contributed by atoms with E-state index in [1.165, 1.54) is 16.3 Å². The molecule has 0 radical (unpaired) electrons. The van der Waals surface area contributed by atoms with Crippen LogP contribution in [0.3, 0.4) is 0 Å². The van der Waals surface area contributed by atoms with Crippen LogP contribution in [-0.4, -0.2) is 58.3 Å². The molecule has 1 atom stereocenters. The zero-order valence-electron chi connectivity index (χ0n) is 17.8. The number of thioether (sulfide) groups is 1. The first-order chi connectivity index (χ1) is 14.4. The SMILES string of the molecule is CN=C(NCCCOCC1CCOC1)NCCSCc1cccc2ccccc12.I. The van der Waals surface area contributed by atoms with Crippen LogP contribution in [0.2, 0.25) is 0 Å². The monoisotopic (exact) mass is 543 g/mol. The lowest BCUT2D eigenvalue weighted by Crippen LogP contribution is -2.39. The fraction of sp³-hybridized carbons (Fsp3) is 0.522. The molecule has 166 valence electrons. The number of nitrogens with one attached hydrogen (secondary N) is 2. The Hall–Kier alpha value is -1.03. The van der Waals surface area contributed by atoms with Crippen LogP contribution in [0.4, 0.5) is 0 Å². The van der Waals surface area contributed by atoms with Crippen molar-refractivity contribution in [2.24, 2.45) is 10.9 Å². The van der Waals surface area contributed by atoms with Crippen LogP contribution in [-0.2, 0) is 15.2 Å². The van der Waals surface area contributed by atoms with Crippen LogP contribution >= 0.6 is 35.7 Å². The second-order valence-corrected chi connectivity index (χ2v) is 8.38. The summed E-state index contributed by atoms with van der Waals surface area (Å²) < 4.78 is 11.1. The van der Waals surface area contributed by atoms with Gasteiger partial charge >= 0.3 is 0 Å². The lowest BCUT2D eigenvalue weighted by atomic mass is 10.1. The Labute approximate surface area is 201 Å². The molecule has 2 N–H and O–H groups in total. The van der Waals surface area contributed by atoms with Crippen molar-refractivity contribution in [3.05, 3.63) is 48.0 Å². The number of hydrogen-bond donors (Lipinski definition) is 2. The van der Waals surface area contributed by atoms with E-state index in [2.05, 4.69) is 58.1 Å². The number of benzene rings is 2. The van der Waals surface area contributed by atoms with E-state index in [4.69, 9.17) is 9.47 Å². The molecule has 3 rings (SSSR count). The summed E-state index contributed by atoms with van der Waals surface area (Å²) in [6.07, 6.45) is 2.11. The van der Waals surface area contributed by atoms with Gasteiger partial charge in [-0.25, -0.2) is 0 Å². The minimum Gasteiger partial charge on any atom is -0.381 e. The molecular weight excluding hydrogens is 509 g/mol. The van der Waals surface area contributed by atoms with Crippen LogP contribution in [0.15, 0.2) is 47.5 Å². The number of aliphatic imine (C=N–C) groups is 1. The number of hydrogen-bond acceptors (Lipinski definition) is 4. The molecule has 0 aliphatic carbocycles. The summed E-state index contributed by atoms with van der Waals surface area (Å²) in [5.74, 6) is 3.51. The second-order valence-electron chi connectivity index (χ2n) is 7.27. The first-order valence-electron chi connectivity index (χ1n) is 10.5. The molecule has 1 fully saturated rings. The molecular formula is C23H34IN3O2S. The first kappa shape index (κ1) is 25.2. The van der Waals surface area contributed by atoms with E-state index >= 15 is 0 Å². The molecule has 1 aliphatic heterocycles. The molecule has 7 heteroatoms. The van der Waals surface area contributed by atoms with Crippen LogP contribution in [0.1, 0.15) is 18.4 Å². The molecule has 0 amide bonds. The van der Waals surface area contributed by atoms with E-state index in [0.717, 1.165) is 69.8 Å². The summed E-state index contributed by atoms with van der Waals surface area (Å²) in [7, 11) is 1.81. The van der Waals surface area contributed by atoms with E-state index in [0.29, 0.717) is 5.92 Å². The van der Waals surface area contributed by atoms with Gasteiger partial charge in [-0.3, -0.25) is 4.99 Å². The maximum atomic E-state index is 5.74. The third kappa shape index (κ3) is 8.61. The van der Waals surface area contributed by atoms with Gasteiger partial charge in [-0.2, -0.15) is 11.8 Å². The number of ether oxygens (including phenoxy) is 2. The number of rotatable bonds is 11. The third-order valence-corrected chi connectivity index (χ3v) is 6.04. The topological polar surface area (TPSA) is 54.9 Å². The minimum absolute atomic E-state index is 0. The standard InChI is InChI=1S/C23H33N3O2S.HI/c1-24-23(25-11-5-13-27-16-19-10-14-28-17-19)26-12-15-29-18-21-8-4-7-20-6-2-3-9-22(20)21;/h2-4,6-9,19H,5,10-18H2,1H3,(H2,24,25,26);1H. The van der Waals surface area contributed by atoms with Crippen molar-refractivity contribution in [1.29, 1.82) is 0 Å². The van der Waals surface area contributed by atoms with Crippen molar-refractivity contribution in [2.45, 2.75) is 18.6 Å². The van der Waals surface area contributed by atoms with E-state index in [9.17, 15) is 0 Å². The highest BCUT2D eigenvalue weighted by atomic mass is 127. The highest BCUT2D eigenvalue weighted by Gasteiger charge is 2.15. The summed E-state index contributed by atoms with van der Waals surface area (Å²) in [5, 5.41) is 9.42. The molecule has 0 saturated carbocycles. The van der Waals surface area contributed by atoms with Gasteiger partial charge in [0, 0.05) is 50.8 Å². The Morgan fingerprint density at radius 3 is 2.83 bits per heavy atom. The highest BCUT2D eigenvalue weighted by Crippen LogP contribution is 2.22. The van der Waals surface area contributed by atoms with Gasteiger partial charge in [0.15, 0.2) is 5.96 Å². The fourth-order valence-corrected chi connectivity index (χ4v) is 4.27. The molecule has 0 aromatic heterocycles. The molecule has 0 bridgehead atoms. The van der Waals surface area contributed by atoms with E-state index in [1.807, 2.05) is 18.8 Å². The molecule has 1 saturated heterocycles. The predicted octanol–water partition coefficient (Wildman–Crippen LogP) is 4.30. The average molecular weight is 544 g/mol. The molecule has 1 aliphatic rings. The van der Waals surface area contributed by atoms with E-state index in [1.54, 1.807) is 0 Å². The Morgan fingerprint density at radius 1 is 1.17 bits per heavy atom. The summed E-state index contributed by atoms with van der Waals surface area (Å²) in [4.78, 5) is 4.29.